The van der Waals surface area contributed by atoms with Crippen molar-refractivity contribution >= 4 is 0 Å². The van der Waals surface area contributed by atoms with Crippen molar-refractivity contribution < 1.29 is 13.5 Å². The molecule has 0 heterocycles. The summed E-state index contributed by atoms with van der Waals surface area (Å²) < 4.78 is 28.5. The number of hydrogen-bond acceptors (Lipinski definition) is 3. The number of benzene rings is 1. The van der Waals surface area contributed by atoms with Gasteiger partial charge in [-0.05, 0) is 36.6 Å². The summed E-state index contributed by atoms with van der Waals surface area (Å²) >= 11 is 0. The molecule has 0 saturated carbocycles. The monoisotopic (exact) mass is 280 g/mol. The molecule has 0 fully saturated rings. The maximum absolute atomic E-state index is 12.1. The first kappa shape index (κ1) is 14.7. The van der Waals surface area contributed by atoms with E-state index in [2.05, 4.69) is 4.74 Å². The van der Waals surface area contributed by atoms with Gasteiger partial charge in [-0.25, -0.2) is 0 Å². The van der Waals surface area contributed by atoms with Crippen molar-refractivity contribution in [1.82, 2.24) is 0 Å². The van der Waals surface area contributed by atoms with Gasteiger partial charge in [0, 0.05) is 6.04 Å². The standard InChI is InChI=1S/C15H18F2N2O/c1-10(18)11-6-8-15(19,9-7-11)12-2-4-13(5-3-12)20-14(16)17/h2-8,10,14H,9,18-19H2,1H3. The SMILES string of the molecule is CC(N)C1=CCC(N)(c2ccc(OC(F)F)cc2)C=C1. The van der Waals surface area contributed by atoms with Crippen LogP contribution in [0.2, 0.25) is 0 Å². The number of alkyl halides is 2. The molecule has 0 aromatic heterocycles. The van der Waals surface area contributed by atoms with Crippen LogP contribution >= 0.6 is 0 Å². The zero-order valence-corrected chi connectivity index (χ0v) is 11.2. The van der Waals surface area contributed by atoms with E-state index in [0.29, 0.717) is 6.42 Å². The molecule has 2 rings (SSSR count). The number of hydrogen-bond donors (Lipinski definition) is 2. The third-order valence-corrected chi connectivity index (χ3v) is 3.39. The predicted octanol–water partition coefficient (Wildman–Crippen LogP) is 2.68. The maximum Gasteiger partial charge on any atom is 0.387 e. The summed E-state index contributed by atoms with van der Waals surface area (Å²) in [6, 6.07) is 6.36. The van der Waals surface area contributed by atoms with Crippen molar-refractivity contribution in [2.24, 2.45) is 11.5 Å². The highest BCUT2D eigenvalue weighted by Crippen LogP contribution is 2.30. The topological polar surface area (TPSA) is 61.3 Å². The second-order valence-electron chi connectivity index (χ2n) is 4.97. The summed E-state index contributed by atoms with van der Waals surface area (Å²) in [5.74, 6) is 0.124. The van der Waals surface area contributed by atoms with Crippen molar-refractivity contribution in [3.05, 3.63) is 53.6 Å². The summed E-state index contributed by atoms with van der Waals surface area (Å²) in [6.07, 6.45) is 6.44. The number of rotatable bonds is 4. The average Bonchev–Trinajstić information content (AvgIpc) is 2.39. The minimum atomic E-state index is -2.82. The first-order valence-electron chi connectivity index (χ1n) is 6.40. The molecular weight excluding hydrogens is 262 g/mol. The lowest BCUT2D eigenvalue weighted by Crippen LogP contribution is -2.36. The molecule has 3 nitrogen and oxygen atoms in total. The molecule has 0 amide bonds. The number of halogens is 2. The summed E-state index contributed by atoms with van der Waals surface area (Å²) in [7, 11) is 0. The van der Waals surface area contributed by atoms with Crippen LogP contribution in [-0.2, 0) is 5.54 Å². The van der Waals surface area contributed by atoms with Crippen molar-refractivity contribution in [1.29, 1.82) is 0 Å². The van der Waals surface area contributed by atoms with Gasteiger partial charge in [0.25, 0.3) is 0 Å². The minimum Gasteiger partial charge on any atom is -0.435 e. The van der Waals surface area contributed by atoms with Crippen molar-refractivity contribution in [2.45, 2.75) is 31.5 Å². The number of nitrogens with two attached hydrogens (primary N) is 2. The molecule has 1 aliphatic carbocycles. The summed E-state index contributed by atoms with van der Waals surface area (Å²) in [5.41, 5.74) is 13.4. The molecule has 0 radical (unpaired) electrons. The lowest BCUT2D eigenvalue weighted by Gasteiger charge is -2.29. The quantitative estimate of drug-likeness (QED) is 0.891. The van der Waals surface area contributed by atoms with E-state index in [0.717, 1.165) is 11.1 Å². The van der Waals surface area contributed by atoms with Crippen LogP contribution in [0.3, 0.4) is 0 Å². The molecule has 108 valence electrons. The van der Waals surface area contributed by atoms with Gasteiger partial charge in [0.15, 0.2) is 0 Å². The second kappa shape index (κ2) is 5.73. The highest BCUT2D eigenvalue weighted by atomic mass is 19.3. The Morgan fingerprint density at radius 3 is 2.35 bits per heavy atom. The zero-order chi connectivity index (χ0) is 14.8. The Morgan fingerprint density at radius 2 is 1.90 bits per heavy atom. The van der Waals surface area contributed by atoms with E-state index >= 15 is 0 Å². The van der Waals surface area contributed by atoms with Crippen LogP contribution in [0.5, 0.6) is 5.75 Å². The lowest BCUT2D eigenvalue weighted by molar-refractivity contribution is -0.0498. The van der Waals surface area contributed by atoms with Gasteiger partial charge >= 0.3 is 6.61 Å². The Kier molecular flexibility index (Phi) is 4.20. The molecule has 0 spiro atoms. The second-order valence-corrected chi connectivity index (χ2v) is 4.97. The fourth-order valence-electron chi connectivity index (χ4n) is 2.17. The Morgan fingerprint density at radius 1 is 1.25 bits per heavy atom. The van der Waals surface area contributed by atoms with Crippen molar-refractivity contribution in [3.8, 4) is 5.75 Å². The molecule has 20 heavy (non-hydrogen) atoms. The van der Waals surface area contributed by atoms with Gasteiger partial charge in [0.2, 0.25) is 0 Å². The molecule has 0 bridgehead atoms. The van der Waals surface area contributed by atoms with Crippen LogP contribution in [0.1, 0.15) is 18.9 Å². The van der Waals surface area contributed by atoms with E-state index in [1.807, 2.05) is 25.2 Å². The smallest absolute Gasteiger partial charge is 0.387 e. The third kappa shape index (κ3) is 3.23. The van der Waals surface area contributed by atoms with Crippen LogP contribution in [-0.4, -0.2) is 12.7 Å². The Labute approximate surface area is 116 Å². The fourth-order valence-corrected chi connectivity index (χ4v) is 2.17. The van der Waals surface area contributed by atoms with Gasteiger partial charge in [0.05, 0.1) is 5.54 Å². The van der Waals surface area contributed by atoms with E-state index in [9.17, 15) is 8.78 Å². The van der Waals surface area contributed by atoms with E-state index < -0.39 is 12.2 Å². The highest BCUT2D eigenvalue weighted by molar-refractivity contribution is 5.40. The molecule has 4 N–H and O–H groups in total. The normalized spacial score (nSPS) is 23.6. The van der Waals surface area contributed by atoms with E-state index in [-0.39, 0.29) is 11.8 Å². The molecule has 2 unspecified atom stereocenters. The predicted molar refractivity (Wildman–Crippen MR) is 74.4 cm³/mol. The molecular formula is C15H18F2N2O. The summed E-state index contributed by atoms with van der Waals surface area (Å²) in [4.78, 5) is 0. The molecule has 2 atom stereocenters. The van der Waals surface area contributed by atoms with Gasteiger partial charge in [-0.1, -0.05) is 30.4 Å². The van der Waals surface area contributed by atoms with E-state index in [4.69, 9.17) is 11.5 Å². The largest absolute Gasteiger partial charge is 0.435 e. The molecule has 5 heteroatoms. The Hall–Kier alpha value is -1.72. The first-order chi connectivity index (χ1) is 9.40. The highest BCUT2D eigenvalue weighted by Gasteiger charge is 2.26. The fraction of sp³-hybridized carbons (Fsp3) is 0.333. The zero-order valence-electron chi connectivity index (χ0n) is 11.2. The summed E-state index contributed by atoms with van der Waals surface area (Å²) in [5, 5.41) is 0. The third-order valence-electron chi connectivity index (χ3n) is 3.39. The molecule has 1 aliphatic rings. The molecule has 0 saturated heterocycles. The average molecular weight is 280 g/mol. The number of ether oxygens (including phenoxy) is 1. The van der Waals surface area contributed by atoms with Crippen molar-refractivity contribution in [2.75, 3.05) is 0 Å². The van der Waals surface area contributed by atoms with Crippen LogP contribution in [0.25, 0.3) is 0 Å². The van der Waals surface area contributed by atoms with Gasteiger partial charge < -0.3 is 16.2 Å². The molecule has 1 aromatic rings. The minimum absolute atomic E-state index is 0.0300. The summed E-state index contributed by atoms with van der Waals surface area (Å²) in [6.45, 7) is -0.908. The van der Waals surface area contributed by atoms with Crippen LogP contribution in [0.15, 0.2) is 48.1 Å². The van der Waals surface area contributed by atoms with Crippen LogP contribution < -0.4 is 16.2 Å². The molecule has 0 aliphatic heterocycles. The van der Waals surface area contributed by atoms with Gasteiger partial charge in [0.1, 0.15) is 5.75 Å². The Bertz CT molecular complexity index is 523. The van der Waals surface area contributed by atoms with E-state index in [1.54, 1.807) is 12.1 Å². The van der Waals surface area contributed by atoms with Crippen molar-refractivity contribution in [3.63, 3.8) is 0 Å². The van der Waals surface area contributed by atoms with Gasteiger partial charge in [-0.2, -0.15) is 8.78 Å². The van der Waals surface area contributed by atoms with Crippen LogP contribution in [0.4, 0.5) is 8.78 Å². The van der Waals surface area contributed by atoms with E-state index in [1.165, 1.54) is 12.1 Å². The molecule has 1 aromatic carbocycles. The Balaban J connectivity index is 2.14. The lowest BCUT2D eigenvalue weighted by atomic mass is 9.82. The first-order valence-corrected chi connectivity index (χ1v) is 6.40. The van der Waals surface area contributed by atoms with Gasteiger partial charge in [-0.15, -0.1) is 0 Å². The van der Waals surface area contributed by atoms with Gasteiger partial charge in [-0.3, -0.25) is 0 Å². The maximum atomic E-state index is 12.1. The van der Waals surface area contributed by atoms with Crippen LogP contribution in [0, 0.1) is 0 Å².